The zero-order valence-corrected chi connectivity index (χ0v) is 23.5. The van der Waals surface area contributed by atoms with Crippen LogP contribution in [0.3, 0.4) is 0 Å². The average Bonchev–Trinajstić information content (AvgIpc) is 3.68. The number of halogens is 1. The molecule has 1 aromatic carbocycles. The molecule has 2 aromatic heterocycles. The fraction of sp³-hybridized carbons (Fsp3) is 0.250. The van der Waals surface area contributed by atoms with Crippen molar-refractivity contribution in [3.8, 4) is 11.1 Å². The van der Waals surface area contributed by atoms with Crippen molar-refractivity contribution >= 4 is 44.2 Å². The number of amides is 3. The Morgan fingerprint density at radius 2 is 1.95 bits per heavy atom. The molecular weight excluding hydrogens is 579 g/mol. The number of aliphatic imine (C=N–C) groups is 1. The minimum Gasteiger partial charge on any atom is -0.364 e. The Morgan fingerprint density at radius 1 is 1.14 bits per heavy atom. The number of aromatic nitrogens is 4. The van der Waals surface area contributed by atoms with E-state index in [-0.39, 0.29) is 30.1 Å². The molecule has 3 N–H and O–H groups in total. The van der Waals surface area contributed by atoms with Gasteiger partial charge in [0, 0.05) is 35.5 Å². The van der Waals surface area contributed by atoms with E-state index >= 15 is 0 Å². The number of nitrogens with one attached hydrogen (secondary N) is 1. The van der Waals surface area contributed by atoms with E-state index in [2.05, 4.69) is 25.6 Å². The van der Waals surface area contributed by atoms with E-state index in [4.69, 9.17) is 5.73 Å². The van der Waals surface area contributed by atoms with Crippen LogP contribution in [0, 0.1) is 5.92 Å². The summed E-state index contributed by atoms with van der Waals surface area (Å²) < 4.78 is 40.0. The van der Waals surface area contributed by atoms with Crippen LogP contribution in [0.15, 0.2) is 76.7 Å². The third-order valence-corrected chi connectivity index (χ3v) is 8.64. The summed E-state index contributed by atoms with van der Waals surface area (Å²) in [5.74, 6) is -2.60. The van der Waals surface area contributed by atoms with Gasteiger partial charge in [-0.3, -0.25) is 24.1 Å². The number of fused-ring (bicyclic) bond motifs is 2. The molecule has 3 unspecified atom stereocenters. The predicted molar refractivity (Wildman–Crippen MR) is 154 cm³/mol. The van der Waals surface area contributed by atoms with Gasteiger partial charge >= 0.3 is 0 Å². The molecule has 13 nitrogen and oxygen atoms in total. The molecule has 0 saturated carbocycles. The minimum atomic E-state index is -3.49. The molecule has 0 radical (unpaired) electrons. The SMILES string of the molecule is CS(=O)(=O)C1=CC2C(NC(=O)C3CC(F)CN3C(=O)Cn3nc(C(N)=O)c4cc(-c5ccnnc5)ccc43)=CN=C2C=C1. The lowest BCUT2D eigenvalue weighted by atomic mass is 9.96. The minimum absolute atomic E-state index is 0.0437. The molecule has 0 bridgehead atoms. The highest BCUT2D eigenvalue weighted by Gasteiger charge is 2.41. The fourth-order valence-electron chi connectivity index (χ4n) is 5.41. The summed E-state index contributed by atoms with van der Waals surface area (Å²) in [5.41, 5.74) is 8.33. The maximum absolute atomic E-state index is 14.6. The van der Waals surface area contributed by atoms with Gasteiger partial charge in [0.25, 0.3) is 5.91 Å². The molecule has 3 aliphatic rings. The van der Waals surface area contributed by atoms with Crippen molar-refractivity contribution in [3.05, 3.63) is 77.4 Å². The lowest BCUT2D eigenvalue weighted by Crippen LogP contribution is -2.47. The monoisotopic (exact) mass is 604 g/mol. The van der Waals surface area contributed by atoms with Gasteiger partial charge in [-0.05, 0) is 35.9 Å². The van der Waals surface area contributed by atoms with E-state index in [9.17, 15) is 27.2 Å². The van der Waals surface area contributed by atoms with Crippen LogP contribution in [-0.4, -0.2) is 81.7 Å². The number of alkyl halides is 1. The Morgan fingerprint density at radius 3 is 2.67 bits per heavy atom. The Bertz CT molecular complexity index is 1920. The lowest BCUT2D eigenvalue weighted by molar-refractivity contribution is -0.138. The van der Waals surface area contributed by atoms with Crippen LogP contribution in [0.2, 0.25) is 0 Å². The van der Waals surface area contributed by atoms with E-state index in [1.807, 2.05) is 0 Å². The van der Waals surface area contributed by atoms with Gasteiger partial charge in [0.05, 0.1) is 41.0 Å². The first kappa shape index (κ1) is 28.1. The Labute approximate surface area is 244 Å². The van der Waals surface area contributed by atoms with E-state index in [0.717, 1.165) is 22.3 Å². The molecule has 2 aliphatic heterocycles. The van der Waals surface area contributed by atoms with Crippen LogP contribution in [0.5, 0.6) is 0 Å². The zero-order valence-electron chi connectivity index (χ0n) is 22.7. The highest BCUT2D eigenvalue weighted by Crippen LogP contribution is 2.30. The molecule has 6 rings (SSSR count). The van der Waals surface area contributed by atoms with Crippen LogP contribution in [0.4, 0.5) is 4.39 Å². The first-order valence-corrected chi connectivity index (χ1v) is 15.1. The second kappa shape index (κ2) is 10.7. The number of carbonyl (C=O) groups excluding carboxylic acids is 3. The van der Waals surface area contributed by atoms with E-state index < -0.39 is 45.7 Å². The largest absolute Gasteiger partial charge is 0.364 e. The standard InChI is InChI=1S/C28H25FN8O5S/c1-43(41,42)18-3-4-21-19(10-18)22(12-31-21)34-28(40)24-9-17(29)13-36(24)25(38)14-37-23-5-2-15(16-6-7-32-33-11-16)8-20(23)26(35-37)27(30)39/h2-8,10-12,17,19,24H,9,13-14H2,1H3,(H2,30,39)(H,34,40). The highest BCUT2D eigenvalue weighted by molar-refractivity contribution is 7.94. The van der Waals surface area contributed by atoms with Crippen molar-refractivity contribution in [1.29, 1.82) is 0 Å². The number of hydrogen-bond acceptors (Lipinski definition) is 9. The van der Waals surface area contributed by atoms with Crippen molar-refractivity contribution < 1.29 is 27.2 Å². The fourth-order valence-corrected chi connectivity index (χ4v) is 6.11. The number of nitrogens with zero attached hydrogens (tertiary/aromatic N) is 6. The molecule has 3 amide bonds. The summed E-state index contributed by atoms with van der Waals surface area (Å²) in [7, 11) is -3.49. The predicted octanol–water partition coefficient (Wildman–Crippen LogP) is 1.06. The molecule has 15 heteroatoms. The van der Waals surface area contributed by atoms with Gasteiger partial charge in [-0.1, -0.05) is 12.1 Å². The molecule has 4 heterocycles. The molecule has 3 atom stereocenters. The van der Waals surface area contributed by atoms with Gasteiger partial charge in [-0.25, -0.2) is 12.8 Å². The van der Waals surface area contributed by atoms with Crippen LogP contribution in [-0.2, 0) is 26.0 Å². The first-order chi connectivity index (χ1) is 20.5. The highest BCUT2D eigenvalue weighted by atomic mass is 32.2. The summed E-state index contributed by atoms with van der Waals surface area (Å²) in [6.07, 6.45) is 8.41. The second-order valence-electron chi connectivity index (χ2n) is 10.4. The number of hydrogen-bond donors (Lipinski definition) is 2. The van der Waals surface area contributed by atoms with Gasteiger partial charge in [0.1, 0.15) is 18.8 Å². The van der Waals surface area contributed by atoms with Gasteiger partial charge in [-0.15, -0.1) is 0 Å². The van der Waals surface area contributed by atoms with Crippen LogP contribution >= 0.6 is 0 Å². The smallest absolute Gasteiger partial charge is 0.269 e. The van der Waals surface area contributed by atoms with Crippen molar-refractivity contribution in [1.82, 2.24) is 30.2 Å². The zero-order chi connectivity index (χ0) is 30.5. The number of benzene rings is 1. The number of primary amides is 1. The van der Waals surface area contributed by atoms with E-state index in [1.54, 1.807) is 36.5 Å². The van der Waals surface area contributed by atoms with Gasteiger partial charge < -0.3 is 16.0 Å². The summed E-state index contributed by atoms with van der Waals surface area (Å²) in [5, 5.41) is 15.0. The Kier molecular flexibility index (Phi) is 6.96. The first-order valence-electron chi connectivity index (χ1n) is 13.2. The van der Waals surface area contributed by atoms with Crippen LogP contribution in [0.25, 0.3) is 22.0 Å². The molecule has 220 valence electrons. The normalized spacial score (nSPS) is 21.3. The maximum Gasteiger partial charge on any atom is 0.269 e. The summed E-state index contributed by atoms with van der Waals surface area (Å²) in [4.78, 5) is 44.5. The molecule has 1 saturated heterocycles. The third-order valence-electron chi connectivity index (χ3n) is 7.51. The molecule has 0 spiro atoms. The van der Waals surface area contributed by atoms with Crippen LogP contribution < -0.4 is 11.1 Å². The molecule has 3 aromatic rings. The van der Waals surface area contributed by atoms with Crippen molar-refractivity contribution in [3.63, 3.8) is 0 Å². The van der Waals surface area contributed by atoms with Gasteiger partial charge in [-0.2, -0.15) is 15.3 Å². The maximum atomic E-state index is 14.6. The topological polar surface area (TPSA) is 183 Å². The van der Waals surface area contributed by atoms with Gasteiger partial charge in [0.15, 0.2) is 15.5 Å². The van der Waals surface area contributed by atoms with Crippen molar-refractivity contribution in [2.75, 3.05) is 12.8 Å². The van der Waals surface area contributed by atoms with Crippen molar-refractivity contribution in [2.45, 2.75) is 25.2 Å². The summed E-state index contributed by atoms with van der Waals surface area (Å²) in [6, 6.07) is 5.78. The molecule has 1 aliphatic carbocycles. The lowest BCUT2D eigenvalue weighted by Gasteiger charge is -2.25. The number of carbonyl (C=O) groups is 3. The van der Waals surface area contributed by atoms with Gasteiger partial charge in [0.2, 0.25) is 11.8 Å². The average molecular weight is 605 g/mol. The molecule has 43 heavy (non-hydrogen) atoms. The van der Waals surface area contributed by atoms with Crippen LogP contribution in [0.1, 0.15) is 16.9 Å². The van der Waals surface area contributed by atoms with Crippen molar-refractivity contribution in [2.24, 2.45) is 16.6 Å². The quantitative estimate of drug-likeness (QED) is 0.401. The molecular formula is C28H25FN8O5S. The second-order valence-corrected chi connectivity index (χ2v) is 12.4. The Hall–Kier alpha value is -5.05. The van der Waals surface area contributed by atoms with E-state index in [1.165, 1.54) is 29.2 Å². The summed E-state index contributed by atoms with van der Waals surface area (Å²) in [6.45, 7) is -0.677. The summed E-state index contributed by atoms with van der Waals surface area (Å²) >= 11 is 0. The van der Waals surface area contributed by atoms with E-state index in [0.29, 0.717) is 22.3 Å². The number of sulfone groups is 1. The molecule has 1 fully saturated rings. The Balaban J connectivity index is 1.22. The number of nitrogens with two attached hydrogens (primary N) is 1. The number of rotatable bonds is 7. The number of allylic oxidation sites excluding steroid dienone is 3. The third kappa shape index (κ3) is 5.34. The number of likely N-dealkylation sites (tertiary alicyclic amines) is 1.